The number of carbonyl (C=O) groups excluding carboxylic acids is 1. The number of hydrogen-bond acceptors (Lipinski definition) is 8. The molecule has 0 bridgehead atoms. The van der Waals surface area contributed by atoms with Crippen molar-refractivity contribution in [1.29, 1.82) is 0 Å². The van der Waals surface area contributed by atoms with Gasteiger partial charge >= 0.3 is 0 Å². The molecule has 0 aromatic rings. The van der Waals surface area contributed by atoms with Crippen LogP contribution in [0.5, 0.6) is 0 Å². The van der Waals surface area contributed by atoms with Gasteiger partial charge in [0.2, 0.25) is 5.91 Å². The topological polar surface area (TPSA) is 149 Å². The number of allylic oxidation sites excluding steroid dienone is 11. The highest BCUT2D eigenvalue weighted by molar-refractivity contribution is 5.76. The Morgan fingerprint density at radius 3 is 1.39 bits per heavy atom. The Morgan fingerprint density at radius 1 is 0.507 bits per heavy atom. The molecule has 0 aliphatic carbocycles. The Kier molecular flexibility index (Phi) is 46.1. The number of amides is 1. The summed E-state index contributed by atoms with van der Waals surface area (Å²) in [6, 6.07) is -0.848. The summed E-state index contributed by atoms with van der Waals surface area (Å²) in [5.74, 6) is -0.228. The van der Waals surface area contributed by atoms with E-state index in [1.165, 1.54) is 161 Å². The lowest BCUT2D eigenvalue weighted by Gasteiger charge is -2.40. The summed E-state index contributed by atoms with van der Waals surface area (Å²) in [7, 11) is 0. The first-order valence-electron chi connectivity index (χ1n) is 28.7. The zero-order valence-corrected chi connectivity index (χ0v) is 44.3. The van der Waals surface area contributed by atoms with E-state index < -0.39 is 49.5 Å². The minimum absolute atomic E-state index is 0.221. The average molecular weight is 971 g/mol. The number of aliphatic hydroxyl groups excluding tert-OH is 5. The fourth-order valence-corrected chi connectivity index (χ4v) is 8.75. The molecule has 69 heavy (non-hydrogen) atoms. The molecule has 0 aromatic carbocycles. The predicted octanol–water partition coefficient (Wildman–Crippen LogP) is 14.1. The van der Waals surface area contributed by atoms with Crippen molar-refractivity contribution in [3.8, 4) is 0 Å². The Hall–Kier alpha value is -2.37. The van der Waals surface area contributed by atoms with Gasteiger partial charge in [0.1, 0.15) is 24.4 Å². The molecule has 1 amide bonds. The highest BCUT2D eigenvalue weighted by atomic mass is 16.7. The monoisotopic (exact) mass is 970 g/mol. The van der Waals surface area contributed by atoms with Crippen LogP contribution in [-0.2, 0) is 14.3 Å². The highest BCUT2D eigenvalue weighted by Crippen LogP contribution is 2.23. The summed E-state index contributed by atoms with van der Waals surface area (Å²) in [6.07, 6.45) is 61.4. The van der Waals surface area contributed by atoms with Gasteiger partial charge < -0.3 is 40.3 Å². The summed E-state index contributed by atoms with van der Waals surface area (Å²) >= 11 is 0. The molecule has 1 rings (SSSR count). The number of ether oxygens (including phenoxy) is 2. The molecular formula is C60H107NO8. The molecule has 0 aromatic heterocycles. The van der Waals surface area contributed by atoms with E-state index in [0.29, 0.717) is 6.42 Å². The van der Waals surface area contributed by atoms with E-state index in [-0.39, 0.29) is 18.9 Å². The third-order valence-electron chi connectivity index (χ3n) is 13.3. The van der Waals surface area contributed by atoms with Crippen LogP contribution < -0.4 is 5.32 Å². The summed E-state index contributed by atoms with van der Waals surface area (Å²) < 4.78 is 11.2. The van der Waals surface area contributed by atoms with Gasteiger partial charge in [-0.05, 0) is 70.6 Å². The maximum absolute atomic E-state index is 13.0. The van der Waals surface area contributed by atoms with E-state index in [1.807, 2.05) is 6.08 Å². The molecule has 6 N–H and O–H groups in total. The molecule has 0 radical (unpaired) electrons. The number of aliphatic hydroxyl groups is 5. The maximum Gasteiger partial charge on any atom is 0.220 e. The summed E-state index contributed by atoms with van der Waals surface area (Å²) in [5.41, 5.74) is 0. The van der Waals surface area contributed by atoms with Gasteiger partial charge in [0, 0.05) is 6.42 Å². The second kappa shape index (κ2) is 49.2. The Balaban J connectivity index is 2.21. The first kappa shape index (κ1) is 64.6. The number of carbonyl (C=O) groups is 1. The van der Waals surface area contributed by atoms with Crippen molar-refractivity contribution < 1.29 is 39.8 Å². The fraction of sp³-hybridized carbons (Fsp3) is 0.783. The van der Waals surface area contributed by atoms with Gasteiger partial charge in [-0.25, -0.2) is 0 Å². The normalized spacial score (nSPS) is 20.0. The van der Waals surface area contributed by atoms with Gasteiger partial charge in [0.05, 0.1) is 25.4 Å². The second-order valence-electron chi connectivity index (χ2n) is 19.7. The van der Waals surface area contributed by atoms with Crippen LogP contribution >= 0.6 is 0 Å². The van der Waals surface area contributed by atoms with Crippen LogP contribution in [0.15, 0.2) is 72.9 Å². The number of hydrogen-bond donors (Lipinski definition) is 6. The minimum Gasteiger partial charge on any atom is -0.394 e. The maximum atomic E-state index is 13.0. The molecule has 9 heteroatoms. The van der Waals surface area contributed by atoms with Crippen molar-refractivity contribution in [2.75, 3.05) is 13.2 Å². The van der Waals surface area contributed by atoms with E-state index >= 15 is 0 Å². The largest absolute Gasteiger partial charge is 0.394 e. The number of rotatable bonds is 48. The van der Waals surface area contributed by atoms with Crippen molar-refractivity contribution in [1.82, 2.24) is 5.32 Å². The molecule has 7 atom stereocenters. The van der Waals surface area contributed by atoms with Crippen LogP contribution in [0.25, 0.3) is 0 Å². The van der Waals surface area contributed by atoms with Crippen molar-refractivity contribution in [3.63, 3.8) is 0 Å². The smallest absolute Gasteiger partial charge is 0.220 e. The van der Waals surface area contributed by atoms with Gasteiger partial charge in [-0.3, -0.25) is 4.79 Å². The molecular weight excluding hydrogens is 863 g/mol. The molecule has 400 valence electrons. The Labute approximate surface area is 423 Å². The summed E-state index contributed by atoms with van der Waals surface area (Å²) in [5, 5.41) is 54.4. The standard InChI is InChI=1S/C60H107NO8/c1-3-5-7-9-11-13-15-17-19-20-21-22-23-24-25-26-27-28-29-30-31-32-33-34-36-37-39-41-43-45-47-49-54(63)53(52-68-60-59(67)58(66)57(65)55(51-62)69-60)61-56(64)50-48-46-44-42-40-38-35-18-16-14-12-10-8-6-4-2/h6,8,12,14,18,35,39-42,47,49,53-55,57-60,62-63,65-67H,3-5,7,9-11,13,15-17,19-34,36-38,43-46,48,50-52H2,1-2H3,(H,61,64)/b8-6-,14-12-,35-18-,41-39+,42-40-,49-47+. The first-order chi connectivity index (χ1) is 33.8. The van der Waals surface area contributed by atoms with Gasteiger partial charge in [-0.15, -0.1) is 0 Å². The van der Waals surface area contributed by atoms with Crippen LogP contribution in [0, 0.1) is 0 Å². The molecule has 1 aliphatic rings. The molecule has 1 aliphatic heterocycles. The van der Waals surface area contributed by atoms with E-state index in [0.717, 1.165) is 57.8 Å². The molecule has 7 unspecified atom stereocenters. The van der Waals surface area contributed by atoms with Gasteiger partial charge in [-0.2, -0.15) is 0 Å². The van der Waals surface area contributed by atoms with Crippen molar-refractivity contribution in [2.45, 2.75) is 288 Å². The highest BCUT2D eigenvalue weighted by Gasteiger charge is 2.44. The Morgan fingerprint density at radius 2 is 0.913 bits per heavy atom. The molecule has 1 heterocycles. The second-order valence-corrected chi connectivity index (χ2v) is 19.7. The van der Waals surface area contributed by atoms with Crippen LogP contribution in [-0.4, -0.2) is 87.5 Å². The zero-order chi connectivity index (χ0) is 50.1. The molecule has 0 saturated carbocycles. The average Bonchev–Trinajstić information content (AvgIpc) is 3.35. The van der Waals surface area contributed by atoms with E-state index in [9.17, 15) is 30.3 Å². The fourth-order valence-electron chi connectivity index (χ4n) is 8.75. The molecule has 1 saturated heterocycles. The van der Waals surface area contributed by atoms with Gasteiger partial charge in [-0.1, -0.05) is 241 Å². The Bertz CT molecular complexity index is 1310. The zero-order valence-electron chi connectivity index (χ0n) is 44.3. The van der Waals surface area contributed by atoms with Gasteiger partial charge in [0.15, 0.2) is 6.29 Å². The molecule has 9 nitrogen and oxygen atoms in total. The van der Waals surface area contributed by atoms with Gasteiger partial charge in [0.25, 0.3) is 0 Å². The van der Waals surface area contributed by atoms with Crippen LogP contribution in [0.2, 0.25) is 0 Å². The predicted molar refractivity (Wildman–Crippen MR) is 290 cm³/mol. The summed E-state index contributed by atoms with van der Waals surface area (Å²) in [4.78, 5) is 13.0. The van der Waals surface area contributed by atoms with E-state index in [4.69, 9.17) is 9.47 Å². The third kappa shape index (κ3) is 38.9. The lowest BCUT2D eigenvalue weighted by Crippen LogP contribution is -2.60. The van der Waals surface area contributed by atoms with Crippen molar-refractivity contribution in [3.05, 3.63) is 72.9 Å². The SMILES string of the molecule is CC/C=C\C/C=C\C/C=C\C/C=C\CCCCC(=O)NC(COC1OC(CO)C(O)C(O)C1O)C(O)/C=C/CC/C=C/CCCCCCCCCCCCCCCCCCCCCCCCCCC. The third-order valence-corrected chi connectivity index (χ3v) is 13.3. The number of unbranched alkanes of at least 4 members (excludes halogenated alkanes) is 28. The van der Waals surface area contributed by atoms with E-state index in [2.05, 4.69) is 79.9 Å². The molecule has 0 spiro atoms. The van der Waals surface area contributed by atoms with Crippen LogP contribution in [0.4, 0.5) is 0 Å². The molecule has 1 fully saturated rings. The van der Waals surface area contributed by atoms with Crippen molar-refractivity contribution in [2.24, 2.45) is 0 Å². The first-order valence-corrected chi connectivity index (χ1v) is 28.7. The number of nitrogens with one attached hydrogen (secondary N) is 1. The quantitative estimate of drug-likeness (QED) is 0.0261. The van der Waals surface area contributed by atoms with Crippen molar-refractivity contribution >= 4 is 5.91 Å². The van der Waals surface area contributed by atoms with E-state index in [1.54, 1.807) is 6.08 Å². The van der Waals surface area contributed by atoms with Crippen LogP contribution in [0.1, 0.15) is 245 Å². The lowest BCUT2D eigenvalue weighted by molar-refractivity contribution is -0.302. The lowest BCUT2D eigenvalue weighted by atomic mass is 9.99. The van der Waals surface area contributed by atoms with Crippen LogP contribution in [0.3, 0.4) is 0 Å². The minimum atomic E-state index is -1.58. The summed E-state index contributed by atoms with van der Waals surface area (Å²) in [6.45, 7) is 3.63.